The van der Waals surface area contributed by atoms with E-state index in [4.69, 9.17) is 10.4 Å². The quantitative estimate of drug-likeness (QED) is 0.478. The number of aliphatic hydroxyl groups excluding tert-OH is 1. The monoisotopic (exact) mass is 253 g/mol. The number of unbranched alkanes of at least 4 members (excludes halogenated alkanes) is 10. The zero-order valence-corrected chi connectivity index (χ0v) is 12.2. The van der Waals surface area contributed by atoms with Crippen LogP contribution in [-0.4, -0.2) is 11.7 Å². The third kappa shape index (κ3) is 13.5. The van der Waals surface area contributed by atoms with Crippen molar-refractivity contribution in [1.29, 1.82) is 5.26 Å². The van der Waals surface area contributed by atoms with Gasteiger partial charge in [0.2, 0.25) is 0 Å². The van der Waals surface area contributed by atoms with E-state index in [-0.39, 0.29) is 5.92 Å². The van der Waals surface area contributed by atoms with Crippen LogP contribution in [0, 0.1) is 17.2 Å². The van der Waals surface area contributed by atoms with Gasteiger partial charge in [0.15, 0.2) is 0 Å². The van der Waals surface area contributed by atoms with Crippen LogP contribution in [0.5, 0.6) is 0 Å². The molecular formula is C16H31NO. The molecule has 0 saturated heterocycles. The van der Waals surface area contributed by atoms with E-state index in [1.165, 1.54) is 64.2 Å². The molecule has 1 N–H and O–H groups in total. The van der Waals surface area contributed by atoms with Gasteiger partial charge in [-0.3, -0.25) is 0 Å². The summed E-state index contributed by atoms with van der Waals surface area (Å²) in [7, 11) is 0. The second kappa shape index (κ2) is 14.5. The molecule has 0 rings (SSSR count). The van der Waals surface area contributed by atoms with Crippen LogP contribution in [0.4, 0.5) is 0 Å². The van der Waals surface area contributed by atoms with E-state index in [0.29, 0.717) is 6.61 Å². The average molecular weight is 253 g/mol. The molecular weight excluding hydrogens is 222 g/mol. The lowest BCUT2D eigenvalue weighted by Gasteiger charge is -2.03. The fraction of sp³-hybridized carbons (Fsp3) is 0.938. The van der Waals surface area contributed by atoms with Crippen molar-refractivity contribution in [3.8, 4) is 6.07 Å². The van der Waals surface area contributed by atoms with E-state index in [2.05, 4.69) is 6.07 Å². The van der Waals surface area contributed by atoms with Crippen molar-refractivity contribution in [2.45, 2.75) is 84.0 Å². The van der Waals surface area contributed by atoms with Crippen LogP contribution in [0.2, 0.25) is 0 Å². The maximum Gasteiger partial charge on any atom is 0.0652 e. The summed E-state index contributed by atoms with van der Waals surface area (Å²) in [4.78, 5) is 0. The summed E-state index contributed by atoms with van der Waals surface area (Å²) in [5.74, 6) is 0.240. The Kier molecular flexibility index (Phi) is 14.1. The molecule has 0 aliphatic rings. The van der Waals surface area contributed by atoms with Crippen molar-refractivity contribution < 1.29 is 5.11 Å². The van der Waals surface area contributed by atoms with E-state index in [1.54, 1.807) is 0 Å². The molecule has 0 aromatic rings. The largest absolute Gasteiger partial charge is 0.396 e. The number of rotatable bonds is 13. The van der Waals surface area contributed by atoms with Crippen molar-refractivity contribution in [1.82, 2.24) is 0 Å². The average Bonchev–Trinajstić information content (AvgIpc) is 2.39. The summed E-state index contributed by atoms with van der Waals surface area (Å²) in [6.07, 6.45) is 15.2. The molecule has 0 aliphatic heterocycles. The van der Waals surface area contributed by atoms with Crippen LogP contribution < -0.4 is 0 Å². The molecule has 0 saturated carbocycles. The Bertz CT molecular complexity index is 198. The van der Waals surface area contributed by atoms with Crippen molar-refractivity contribution >= 4 is 0 Å². The molecule has 0 spiro atoms. The van der Waals surface area contributed by atoms with Gasteiger partial charge >= 0.3 is 0 Å². The number of hydrogen-bond acceptors (Lipinski definition) is 2. The molecule has 1 atom stereocenters. The standard InChI is InChI=1S/C16H31NO/c1-16(15-17)13-11-9-7-5-3-2-4-6-8-10-12-14-18/h16,18H,2-14H2,1H3. The minimum Gasteiger partial charge on any atom is -0.396 e. The van der Waals surface area contributed by atoms with Crippen molar-refractivity contribution in [2.75, 3.05) is 6.61 Å². The minimum absolute atomic E-state index is 0.240. The lowest BCUT2D eigenvalue weighted by Crippen LogP contribution is -1.89. The second-order valence-electron chi connectivity index (χ2n) is 5.43. The smallest absolute Gasteiger partial charge is 0.0652 e. The summed E-state index contributed by atoms with van der Waals surface area (Å²) < 4.78 is 0. The molecule has 0 fully saturated rings. The Hall–Kier alpha value is -0.550. The van der Waals surface area contributed by atoms with Gasteiger partial charge in [-0.25, -0.2) is 0 Å². The summed E-state index contributed by atoms with van der Waals surface area (Å²) in [6, 6.07) is 2.29. The van der Waals surface area contributed by atoms with Gasteiger partial charge in [-0.15, -0.1) is 0 Å². The highest BCUT2D eigenvalue weighted by atomic mass is 16.2. The number of nitriles is 1. The molecule has 0 aromatic carbocycles. The summed E-state index contributed by atoms with van der Waals surface area (Å²) in [5, 5.41) is 17.3. The predicted octanol–water partition coefficient (Wildman–Crippen LogP) is 4.82. The Morgan fingerprint density at radius 1 is 0.778 bits per heavy atom. The second-order valence-corrected chi connectivity index (χ2v) is 5.43. The third-order valence-corrected chi connectivity index (χ3v) is 3.52. The van der Waals surface area contributed by atoms with Crippen LogP contribution in [0.3, 0.4) is 0 Å². The van der Waals surface area contributed by atoms with Crippen LogP contribution in [0.25, 0.3) is 0 Å². The lowest BCUT2D eigenvalue weighted by atomic mass is 10.0. The van der Waals surface area contributed by atoms with Crippen LogP contribution >= 0.6 is 0 Å². The zero-order chi connectivity index (χ0) is 13.5. The molecule has 0 radical (unpaired) electrons. The van der Waals surface area contributed by atoms with E-state index in [0.717, 1.165) is 12.8 Å². The first kappa shape index (κ1) is 17.4. The Morgan fingerprint density at radius 3 is 1.56 bits per heavy atom. The maximum absolute atomic E-state index is 8.65. The molecule has 0 aliphatic carbocycles. The third-order valence-electron chi connectivity index (χ3n) is 3.52. The van der Waals surface area contributed by atoms with Crippen molar-refractivity contribution in [3.63, 3.8) is 0 Å². The number of aliphatic hydroxyl groups is 1. The highest BCUT2D eigenvalue weighted by Gasteiger charge is 1.98. The van der Waals surface area contributed by atoms with Gasteiger partial charge in [0.1, 0.15) is 0 Å². The molecule has 0 heterocycles. The van der Waals surface area contributed by atoms with Crippen LogP contribution in [0.1, 0.15) is 84.0 Å². The topological polar surface area (TPSA) is 44.0 Å². The van der Waals surface area contributed by atoms with E-state index >= 15 is 0 Å². The normalized spacial score (nSPS) is 12.3. The lowest BCUT2D eigenvalue weighted by molar-refractivity contribution is 0.282. The molecule has 106 valence electrons. The highest BCUT2D eigenvalue weighted by molar-refractivity contribution is 4.77. The van der Waals surface area contributed by atoms with Gasteiger partial charge in [0.05, 0.1) is 6.07 Å². The number of nitrogens with zero attached hydrogens (tertiary/aromatic N) is 1. The van der Waals surface area contributed by atoms with Gasteiger partial charge < -0.3 is 5.11 Å². The first-order valence-electron chi connectivity index (χ1n) is 7.81. The zero-order valence-electron chi connectivity index (χ0n) is 12.2. The highest BCUT2D eigenvalue weighted by Crippen LogP contribution is 2.13. The molecule has 18 heavy (non-hydrogen) atoms. The molecule has 0 aromatic heterocycles. The summed E-state index contributed by atoms with van der Waals surface area (Å²) >= 11 is 0. The summed E-state index contributed by atoms with van der Waals surface area (Å²) in [5.41, 5.74) is 0. The molecule has 0 amide bonds. The molecule has 0 bridgehead atoms. The van der Waals surface area contributed by atoms with Gasteiger partial charge in [-0.05, 0) is 19.8 Å². The fourth-order valence-electron chi connectivity index (χ4n) is 2.22. The predicted molar refractivity (Wildman–Crippen MR) is 77.3 cm³/mol. The SMILES string of the molecule is CC(C#N)CCCCCCCCCCCCCO. The fourth-order valence-corrected chi connectivity index (χ4v) is 2.22. The molecule has 1 unspecified atom stereocenters. The van der Waals surface area contributed by atoms with Gasteiger partial charge in [-0.1, -0.05) is 64.2 Å². The first-order chi connectivity index (χ1) is 8.81. The summed E-state index contributed by atoms with van der Waals surface area (Å²) in [6.45, 7) is 2.36. The van der Waals surface area contributed by atoms with Gasteiger partial charge in [-0.2, -0.15) is 5.26 Å². The van der Waals surface area contributed by atoms with Crippen LogP contribution in [0.15, 0.2) is 0 Å². The first-order valence-corrected chi connectivity index (χ1v) is 7.81. The van der Waals surface area contributed by atoms with Crippen molar-refractivity contribution in [3.05, 3.63) is 0 Å². The van der Waals surface area contributed by atoms with Gasteiger partial charge in [0.25, 0.3) is 0 Å². The Morgan fingerprint density at radius 2 is 1.17 bits per heavy atom. The van der Waals surface area contributed by atoms with Gasteiger partial charge in [0, 0.05) is 12.5 Å². The van der Waals surface area contributed by atoms with E-state index in [9.17, 15) is 0 Å². The minimum atomic E-state index is 0.240. The van der Waals surface area contributed by atoms with Crippen LogP contribution in [-0.2, 0) is 0 Å². The Labute approximate surface area is 113 Å². The maximum atomic E-state index is 8.65. The molecule has 2 nitrogen and oxygen atoms in total. The van der Waals surface area contributed by atoms with Crippen molar-refractivity contribution in [2.24, 2.45) is 5.92 Å². The van der Waals surface area contributed by atoms with E-state index < -0.39 is 0 Å². The number of hydrogen-bond donors (Lipinski definition) is 1. The molecule has 2 heteroatoms. The van der Waals surface area contributed by atoms with E-state index in [1.807, 2.05) is 6.92 Å². The Balaban J connectivity index is 2.97.